The first-order valence-electron chi connectivity index (χ1n) is 16.4. The topological polar surface area (TPSA) is 94.1 Å². The zero-order valence-corrected chi connectivity index (χ0v) is 27.4. The van der Waals surface area contributed by atoms with Crippen molar-refractivity contribution in [1.82, 2.24) is 25.1 Å². The lowest BCUT2D eigenvalue weighted by molar-refractivity contribution is -0.0412. The van der Waals surface area contributed by atoms with E-state index in [4.69, 9.17) is 4.74 Å². The number of hydrogen-bond donors (Lipinski definition) is 2. The van der Waals surface area contributed by atoms with Crippen LogP contribution in [0.1, 0.15) is 84.0 Å². The minimum atomic E-state index is -0.665. The highest BCUT2D eigenvalue weighted by atomic mass is 19.1. The molecule has 3 heterocycles. The molecule has 1 aromatic carbocycles. The molecule has 1 aromatic heterocycles. The highest BCUT2D eigenvalue weighted by molar-refractivity contribution is 5.97. The third kappa shape index (κ3) is 7.69. The number of anilines is 1. The first kappa shape index (κ1) is 32.6. The van der Waals surface area contributed by atoms with Crippen LogP contribution in [0.2, 0.25) is 0 Å². The monoisotopic (exact) mass is 610 g/mol. The Bertz CT molecular complexity index is 1270. The average molecular weight is 611 g/mol. The Morgan fingerprint density at radius 3 is 2.52 bits per heavy atom. The van der Waals surface area contributed by atoms with Crippen LogP contribution < -0.4 is 15.0 Å². The summed E-state index contributed by atoms with van der Waals surface area (Å²) in [7, 11) is 0. The molecule has 0 bridgehead atoms. The Labute approximate surface area is 262 Å². The fourth-order valence-electron chi connectivity index (χ4n) is 7.42. The highest BCUT2D eigenvalue weighted by Crippen LogP contribution is 2.45. The van der Waals surface area contributed by atoms with Crippen LogP contribution in [0.4, 0.5) is 10.2 Å². The molecule has 2 saturated heterocycles. The van der Waals surface area contributed by atoms with Crippen molar-refractivity contribution in [2.24, 2.45) is 11.3 Å². The van der Waals surface area contributed by atoms with Gasteiger partial charge in [0.1, 0.15) is 17.9 Å². The average Bonchev–Trinajstić information content (AvgIpc) is 3.40. The Morgan fingerprint density at radius 1 is 1.16 bits per heavy atom. The summed E-state index contributed by atoms with van der Waals surface area (Å²) in [6.45, 7) is 17.3. The number of ether oxygens (including phenoxy) is 1. The lowest BCUT2D eigenvalue weighted by atomic mass is 9.67. The van der Waals surface area contributed by atoms with E-state index in [1.54, 1.807) is 11.1 Å². The number of nitrogens with zero attached hydrogens (tertiary/aromatic N) is 5. The van der Waals surface area contributed by atoms with Crippen LogP contribution in [0, 0.1) is 17.2 Å². The lowest BCUT2D eigenvalue weighted by Crippen LogP contribution is -2.59. The van der Waals surface area contributed by atoms with Crippen molar-refractivity contribution in [2.75, 3.05) is 44.2 Å². The zero-order valence-electron chi connectivity index (χ0n) is 27.4. The van der Waals surface area contributed by atoms with Crippen LogP contribution in [0.25, 0.3) is 0 Å². The number of aromatic nitrogens is 2. The molecule has 242 valence electrons. The van der Waals surface area contributed by atoms with Gasteiger partial charge in [-0.15, -0.1) is 0 Å². The summed E-state index contributed by atoms with van der Waals surface area (Å²) in [5.74, 6) is 1.25. The normalized spacial score (nSPS) is 20.9. The molecule has 3 aliphatic rings. The standard InChI is InChI=1S/C34H51FN6O3/c1-23(2)41(24(3)4)32(42)28-15-26(35)7-8-29(28)44-30-16-36-22-38-31(30)40-14-11-25(18-40)17-39-20-34(21-39)12-9-27(10-13-34)37-19-33(5,6)43/h7-8,15-16,22-25,27,37,43H,9-14,17-21H2,1-6H3. The summed E-state index contributed by atoms with van der Waals surface area (Å²) >= 11 is 0. The van der Waals surface area contributed by atoms with E-state index in [0.29, 0.717) is 41.2 Å². The molecule has 44 heavy (non-hydrogen) atoms. The number of nitrogens with one attached hydrogen (secondary N) is 1. The maximum Gasteiger partial charge on any atom is 0.258 e. The quantitative estimate of drug-likeness (QED) is 0.363. The second kappa shape index (κ2) is 13.3. The fraction of sp³-hybridized carbons (Fsp3) is 0.676. The summed E-state index contributed by atoms with van der Waals surface area (Å²) in [4.78, 5) is 28.9. The van der Waals surface area contributed by atoms with Gasteiger partial charge in [-0.05, 0) is 103 Å². The summed E-state index contributed by atoms with van der Waals surface area (Å²) in [6.07, 6.45) is 9.11. The van der Waals surface area contributed by atoms with Gasteiger partial charge in [0.15, 0.2) is 11.6 Å². The van der Waals surface area contributed by atoms with Gasteiger partial charge in [-0.2, -0.15) is 0 Å². The largest absolute Gasteiger partial charge is 0.451 e. The molecule has 3 fully saturated rings. The molecule has 2 aliphatic heterocycles. The van der Waals surface area contributed by atoms with Crippen molar-refractivity contribution in [3.63, 3.8) is 0 Å². The van der Waals surface area contributed by atoms with Crippen LogP contribution in [0.15, 0.2) is 30.7 Å². The second-order valence-electron chi connectivity index (χ2n) is 14.6. The SMILES string of the molecule is CC(C)N(C(=O)c1cc(F)ccc1Oc1cncnc1N1CCC(CN2CC3(CCC(NCC(C)(C)O)CC3)C2)C1)C(C)C. The third-order valence-corrected chi connectivity index (χ3v) is 9.49. The van der Waals surface area contributed by atoms with Gasteiger partial charge >= 0.3 is 0 Å². The van der Waals surface area contributed by atoms with Crippen LogP contribution in [-0.2, 0) is 0 Å². The molecule has 2 N–H and O–H groups in total. The number of rotatable bonds is 11. The van der Waals surface area contributed by atoms with Crippen molar-refractivity contribution < 1.29 is 19.0 Å². The summed E-state index contributed by atoms with van der Waals surface area (Å²) in [5, 5.41) is 13.6. The summed E-state index contributed by atoms with van der Waals surface area (Å²) < 4.78 is 20.6. The molecular weight excluding hydrogens is 559 g/mol. The molecule has 0 radical (unpaired) electrons. The Kier molecular flexibility index (Phi) is 9.82. The number of carbonyl (C=O) groups excluding carboxylic acids is 1. The minimum absolute atomic E-state index is 0.0476. The molecular formula is C34H51FN6O3. The number of amides is 1. The molecule has 1 unspecified atom stereocenters. The van der Waals surface area contributed by atoms with Gasteiger partial charge in [0, 0.05) is 57.4 Å². The molecule has 1 spiro atoms. The second-order valence-corrected chi connectivity index (χ2v) is 14.6. The maximum absolute atomic E-state index is 14.3. The van der Waals surface area contributed by atoms with Gasteiger partial charge in [0.25, 0.3) is 5.91 Å². The van der Waals surface area contributed by atoms with E-state index in [1.807, 2.05) is 41.5 Å². The molecule has 10 heteroatoms. The number of likely N-dealkylation sites (tertiary alicyclic amines) is 1. The van der Waals surface area contributed by atoms with Crippen molar-refractivity contribution in [1.29, 1.82) is 0 Å². The molecule has 2 aromatic rings. The minimum Gasteiger partial charge on any atom is -0.451 e. The van der Waals surface area contributed by atoms with Crippen LogP contribution in [-0.4, -0.2) is 93.8 Å². The highest BCUT2D eigenvalue weighted by Gasteiger charge is 2.45. The van der Waals surface area contributed by atoms with Crippen molar-refractivity contribution in [3.05, 3.63) is 42.1 Å². The predicted octanol–water partition coefficient (Wildman–Crippen LogP) is 5.10. The Hall–Kier alpha value is -2.82. The Balaban J connectivity index is 1.18. The summed E-state index contributed by atoms with van der Waals surface area (Å²) in [5.41, 5.74) is -0.0124. The van der Waals surface area contributed by atoms with E-state index in [-0.39, 0.29) is 23.6 Å². The molecule has 5 rings (SSSR count). The van der Waals surface area contributed by atoms with Gasteiger partial charge in [0.2, 0.25) is 0 Å². The van der Waals surface area contributed by atoms with E-state index in [0.717, 1.165) is 26.1 Å². The first-order valence-corrected chi connectivity index (χ1v) is 16.4. The van der Waals surface area contributed by atoms with Crippen LogP contribution >= 0.6 is 0 Å². The van der Waals surface area contributed by atoms with E-state index in [1.165, 1.54) is 63.3 Å². The molecule has 9 nitrogen and oxygen atoms in total. The molecule has 1 amide bonds. The van der Waals surface area contributed by atoms with Gasteiger partial charge in [-0.1, -0.05) is 0 Å². The van der Waals surface area contributed by atoms with Gasteiger partial charge < -0.3 is 29.9 Å². The predicted molar refractivity (Wildman–Crippen MR) is 171 cm³/mol. The molecule has 1 atom stereocenters. The van der Waals surface area contributed by atoms with Crippen molar-refractivity contribution in [3.8, 4) is 11.5 Å². The van der Waals surface area contributed by atoms with E-state index >= 15 is 0 Å². The molecule has 1 aliphatic carbocycles. The maximum atomic E-state index is 14.3. The van der Waals surface area contributed by atoms with E-state index in [2.05, 4.69) is 25.1 Å². The zero-order chi connectivity index (χ0) is 31.6. The Morgan fingerprint density at radius 2 is 1.86 bits per heavy atom. The van der Waals surface area contributed by atoms with Gasteiger partial charge in [0.05, 0.1) is 17.4 Å². The van der Waals surface area contributed by atoms with Gasteiger partial charge in [-0.25, -0.2) is 14.4 Å². The first-order chi connectivity index (χ1) is 20.8. The number of benzene rings is 1. The number of carbonyl (C=O) groups is 1. The molecule has 1 saturated carbocycles. The third-order valence-electron chi connectivity index (χ3n) is 9.49. The van der Waals surface area contributed by atoms with Gasteiger partial charge in [-0.3, -0.25) is 4.79 Å². The summed E-state index contributed by atoms with van der Waals surface area (Å²) in [6, 6.07) is 4.50. The van der Waals surface area contributed by atoms with E-state index < -0.39 is 11.4 Å². The number of aliphatic hydroxyl groups is 1. The van der Waals surface area contributed by atoms with Crippen molar-refractivity contribution >= 4 is 11.7 Å². The number of halogens is 1. The fourth-order valence-corrected chi connectivity index (χ4v) is 7.42. The van der Waals surface area contributed by atoms with Crippen LogP contribution in [0.3, 0.4) is 0 Å². The van der Waals surface area contributed by atoms with Crippen LogP contribution in [0.5, 0.6) is 11.5 Å². The lowest BCUT2D eigenvalue weighted by Gasteiger charge is -2.54. The number of hydrogen-bond acceptors (Lipinski definition) is 8. The smallest absolute Gasteiger partial charge is 0.258 e. The van der Waals surface area contributed by atoms with E-state index in [9.17, 15) is 14.3 Å². The van der Waals surface area contributed by atoms with Crippen molar-refractivity contribution in [2.45, 2.75) is 97.4 Å².